The topological polar surface area (TPSA) is 132 Å². The van der Waals surface area contributed by atoms with Crippen molar-refractivity contribution in [2.24, 2.45) is 5.73 Å². The van der Waals surface area contributed by atoms with Crippen molar-refractivity contribution < 1.29 is 14.4 Å². The molecule has 0 fully saturated rings. The maximum absolute atomic E-state index is 12.4. The van der Waals surface area contributed by atoms with Gasteiger partial charge in [0.25, 0.3) is 5.91 Å². The Morgan fingerprint density at radius 1 is 0.969 bits per heavy atom. The molecule has 3 heterocycles. The summed E-state index contributed by atoms with van der Waals surface area (Å²) in [6.45, 7) is 0. The summed E-state index contributed by atoms with van der Waals surface area (Å²) in [5.41, 5.74) is 7.29. The van der Waals surface area contributed by atoms with Gasteiger partial charge in [0.15, 0.2) is 5.13 Å². The number of rotatable bonds is 8. The van der Waals surface area contributed by atoms with Crippen molar-refractivity contribution in [2.45, 2.75) is 12.8 Å². The molecule has 11 heteroatoms. The maximum Gasteiger partial charge on any atom is 0.269 e. The molecule has 9 nitrogen and oxygen atoms in total. The van der Waals surface area contributed by atoms with Crippen LogP contribution < -0.4 is 16.4 Å². The molecule has 0 unspecified atom stereocenters. The van der Waals surface area contributed by atoms with Crippen molar-refractivity contribution in [2.75, 3.05) is 10.6 Å². The van der Waals surface area contributed by atoms with E-state index >= 15 is 0 Å². The number of nitrogens with zero attached hydrogens (tertiary/aromatic N) is 3. The Labute approximate surface area is 190 Å². The largest absolute Gasteiger partial charge is 0.364 e. The van der Waals surface area contributed by atoms with E-state index in [1.807, 2.05) is 17.5 Å². The molecule has 32 heavy (non-hydrogen) atoms. The van der Waals surface area contributed by atoms with Crippen LogP contribution in [-0.2, 0) is 22.4 Å². The molecule has 4 aromatic rings. The Hall–Kier alpha value is -3.83. The van der Waals surface area contributed by atoms with Crippen LogP contribution in [0.1, 0.15) is 21.1 Å². The molecule has 0 bridgehead atoms. The van der Waals surface area contributed by atoms with Gasteiger partial charge < -0.3 is 16.4 Å². The number of carbonyl (C=O) groups is 3. The van der Waals surface area contributed by atoms with Crippen molar-refractivity contribution in [3.05, 3.63) is 75.7 Å². The molecular weight excluding hydrogens is 448 g/mol. The molecule has 4 N–H and O–H groups in total. The predicted molar refractivity (Wildman–Crippen MR) is 123 cm³/mol. The summed E-state index contributed by atoms with van der Waals surface area (Å²) in [4.78, 5) is 40.9. The lowest BCUT2D eigenvalue weighted by Gasteiger charge is -2.06. The summed E-state index contributed by atoms with van der Waals surface area (Å²) in [5.74, 6) is -0.965. The van der Waals surface area contributed by atoms with Gasteiger partial charge in [-0.15, -0.1) is 22.7 Å². The number of amides is 3. The highest BCUT2D eigenvalue weighted by molar-refractivity contribution is 7.14. The Balaban J connectivity index is 1.30. The van der Waals surface area contributed by atoms with Crippen LogP contribution in [0.4, 0.5) is 10.8 Å². The lowest BCUT2D eigenvalue weighted by Crippen LogP contribution is -2.15. The number of anilines is 2. The summed E-state index contributed by atoms with van der Waals surface area (Å²) in [7, 11) is 0. The van der Waals surface area contributed by atoms with Crippen LogP contribution in [0.15, 0.2) is 59.4 Å². The van der Waals surface area contributed by atoms with Gasteiger partial charge in [-0.25, -0.2) is 9.67 Å². The first-order valence-corrected chi connectivity index (χ1v) is 11.2. The van der Waals surface area contributed by atoms with Gasteiger partial charge in [-0.1, -0.05) is 6.07 Å². The van der Waals surface area contributed by atoms with Gasteiger partial charge >= 0.3 is 0 Å². The van der Waals surface area contributed by atoms with Crippen LogP contribution in [0.25, 0.3) is 5.69 Å². The van der Waals surface area contributed by atoms with E-state index in [4.69, 9.17) is 5.73 Å². The molecule has 0 radical (unpaired) electrons. The van der Waals surface area contributed by atoms with Gasteiger partial charge in [-0.05, 0) is 41.8 Å². The number of aromatic nitrogens is 3. The third-order valence-electron chi connectivity index (χ3n) is 4.31. The molecule has 0 saturated heterocycles. The van der Waals surface area contributed by atoms with Crippen LogP contribution in [-0.4, -0.2) is 32.5 Å². The van der Waals surface area contributed by atoms with Gasteiger partial charge in [-0.2, -0.15) is 5.10 Å². The van der Waals surface area contributed by atoms with Gasteiger partial charge in [0.1, 0.15) is 5.69 Å². The van der Waals surface area contributed by atoms with Crippen LogP contribution >= 0.6 is 22.7 Å². The SMILES string of the molecule is NC(=O)c1ccn(-c2ccc(NC(=O)Cc3csc(NC(=O)Cc4cccs4)n3)cc2)n1. The van der Waals surface area contributed by atoms with Crippen molar-refractivity contribution in [3.8, 4) is 5.69 Å². The number of benzene rings is 1. The normalized spacial score (nSPS) is 10.6. The summed E-state index contributed by atoms with van der Waals surface area (Å²) >= 11 is 2.80. The van der Waals surface area contributed by atoms with E-state index in [0.29, 0.717) is 22.9 Å². The first-order valence-electron chi connectivity index (χ1n) is 9.48. The number of thiazole rings is 1. The standard InChI is InChI=1S/C21H18N6O3S2/c22-20(30)17-7-8-27(26-17)15-5-3-13(4-6-15)23-18(28)10-14-12-32-21(24-14)25-19(29)11-16-2-1-9-31-16/h1-9,12H,10-11H2,(H2,22,30)(H,23,28)(H,24,25,29). The predicted octanol–water partition coefficient (Wildman–Crippen LogP) is 2.85. The van der Waals surface area contributed by atoms with E-state index in [-0.39, 0.29) is 23.9 Å². The Morgan fingerprint density at radius 2 is 1.75 bits per heavy atom. The monoisotopic (exact) mass is 466 g/mol. The van der Waals surface area contributed by atoms with E-state index in [2.05, 4.69) is 20.7 Å². The second-order valence-corrected chi connectivity index (χ2v) is 8.62. The van der Waals surface area contributed by atoms with Gasteiger partial charge in [0, 0.05) is 22.1 Å². The van der Waals surface area contributed by atoms with E-state index in [0.717, 1.165) is 10.6 Å². The van der Waals surface area contributed by atoms with E-state index in [9.17, 15) is 14.4 Å². The van der Waals surface area contributed by atoms with Crippen LogP contribution in [0.3, 0.4) is 0 Å². The average Bonchev–Trinajstić information content (AvgIpc) is 3.51. The van der Waals surface area contributed by atoms with Gasteiger partial charge in [0.2, 0.25) is 11.8 Å². The number of carbonyl (C=O) groups excluding carboxylic acids is 3. The molecule has 0 aliphatic rings. The van der Waals surface area contributed by atoms with Gasteiger partial charge in [0.05, 0.1) is 24.2 Å². The minimum atomic E-state index is -0.597. The molecule has 0 saturated carbocycles. The zero-order chi connectivity index (χ0) is 22.5. The van der Waals surface area contributed by atoms with Crippen LogP contribution in [0, 0.1) is 0 Å². The molecule has 1 aromatic carbocycles. The third kappa shape index (κ3) is 5.45. The van der Waals surface area contributed by atoms with Crippen molar-refractivity contribution >= 4 is 51.2 Å². The molecule has 0 spiro atoms. The van der Waals surface area contributed by atoms with Crippen molar-refractivity contribution in [1.29, 1.82) is 0 Å². The number of hydrogen-bond acceptors (Lipinski definition) is 7. The molecule has 3 amide bonds. The van der Waals surface area contributed by atoms with Gasteiger partial charge in [-0.3, -0.25) is 14.4 Å². The summed E-state index contributed by atoms with van der Waals surface area (Å²) in [6, 6.07) is 12.3. The van der Waals surface area contributed by atoms with Crippen LogP contribution in [0.5, 0.6) is 0 Å². The Morgan fingerprint density at radius 3 is 2.44 bits per heavy atom. The second kappa shape index (κ2) is 9.54. The van der Waals surface area contributed by atoms with E-state index in [1.165, 1.54) is 33.4 Å². The molecule has 3 aromatic heterocycles. The minimum Gasteiger partial charge on any atom is -0.364 e. The highest BCUT2D eigenvalue weighted by atomic mass is 32.1. The summed E-state index contributed by atoms with van der Waals surface area (Å²) < 4.78 is 1.52. The fourth-order valence-electron chi connectivity index (χ4n) is 2.85. The average molecular weight is 467 g/mol. The lowest BCUT2D eigenvalue weighted by atomic mass is 10.2. The zero-order valence-electron chi connectivity index (χ0n) is 16.6. The number of thiophene rings is 1. The summed E-state index contributed by atoms with van der Waals surface area (Å²) in [6.07, 6.45) is 2.01. The fourth-order valence-corrected chi connectivity index (χ4v) is 4.28. The quantitative estimate of drug-likeness (QED) is 0.367. The number of hydrogen-bond donors (Lipinski definition) is 3. The number of nitrogens with two attached hydrogens (primary N) is 1. The Bertz CT molecular complexity index is 1240. The highest BCUT2D eigenvalue weighted by Gasteiger charge is 2.12. The van der Waals surface area contributed by atoms with E-state index < -0.39 is 5.91 Å². The molecule has 4 rings (SSSR count). The maximum atomic E-state index is 12.4. The van der Waals surface area contributed by atoms with Crippen LogP contribution in [0.2, 0.25) is 0 Å². The third-order valence-corrected chi connectivity index (χ3v) is 5.99. The molecule has 162 valence electrons. The number of nitrogens with one attached hydrogen (secondary N) is 2. The zero-order valence-corrected chi connectivity index (χ0v) is 18.3. The smallest absolute Gasteiger partial charge is 0.269 e. The highest BCUT2D eigenvalue weighted by Crippen LogP contribution is 2.18. The number of primary amides is 1. The van der Waals surface area contributed by atoms with E-state index in [1.54, 1.807) is 35.8 Å². The first-order chi connectivity index (χ1) is 15.5. The molecule has 0 aliphatic carbocycles. The lowest BCUT2D eigenvalue weighted by molar-refractivity contribution is -0.116. The Kier molecular flexibility index (Phi) is 6.38. The van der Waals surface area contributed by atoms with Crippen molar-refractivity contribution in [1.82, 2.24) is 14.8 Å². The second-order valence-electron chi connectivity index (χ2n) is 6.73. The fraction of sp³-hybridized carbons (Fsp3) is 0.0952. The molecule has 0 atom stereocenters. The first kappa shape index (κ1) is 21.4. The van der Waals surface area contributed by atoms with Crippen molar-refractivity contribution in [3.63, 3.8) is 0 Å². The molecular formula is C21H18N6O3S2. The molecule has 0 aliphatic heterocycles. The minimum absolute atomic E-state index is 0.0835. The summed E-state index contributed by atoms with van der Waals surface area (Å²) in [5, 5.41) is 13.8.